The minimum atomic E-state index is -0.767. The van der Waals surface area contributed by atoms with E-state index in [9.17, 15) is 24.5 Å². The third-order valence-electron chi connectivity index (χ3n) is 3.67. The maximum Gasteiger partial charge on any atom is 0.312 e. The summed E-state index contributed by atoms with van der Waals surface area (Å²) in [4.78, 5) is 46.7. The van der Waals surface area contributed by atoms with Crippen LogP contribution in [0.4, 0.5) is 11.4 Å². The van der Waals surface area contributed by atoms with E-state index in [2.05, 4.69) is 5.43 Å². The zero-order chi connectivity index (χ0) is 19.6. The van der Waals surface area contributed by atoms with E-state index < -0.39 is 28.4 Å². The van der Waals surface area contributed by atoms with Crippen molar-refractivity contribution in [2.24, 2.45) is 0 Å². The summed E-state index contributed by atoms with van der Waals surface area (Å²) < 4.78 is 4.95. The molecule has 9 heteroatoms. The van der Waals surface area contributed by atoms with Gasteiger partial charge in [0, 0.05) is 18.6 Å². The Balaban J connectivity index is 2.05. The van der Waals surface area contributed by atoms with E-state index in [0.717, 1.165) is 24.1 Å². The molecule has 2 aromatic carbocycles. The van der Waals surface area contributed by atoms with Gasteiger partial charge in [0.05, 0.1) is 10.6 Å². The molecule has 1 heterocycles. The minimum absolute atomic E-state index is 0.0628. The van der Waals surface area contributed by atoms with Crippen molar-refractivity contribution >= 4 is 35.2 Å². The van der Waals surface area contributed by atoms with Crippen molar-refractivity contribution in [3.8, 4) is 5.75 Å². The van der Waals surface area contributed by atoms with Gasteiger partial charge >= 0.3 is 11.7 Å². The molecule has 1 fully saturated rings. The molecule has 1 N–H and O–H groups in total. The molecule has 0 atom stereocenters. The van der Waals surface area contributed by atoms with E-state index >= 15 is 0 Å². The monoisotopic (exact) mass is 367 g/mol. The lowest BCUT2D eigenvalue weighted by Crippen LogP contribution is -2.35. The Morgan fingerprint density at radius 1 is 1.15 bits per heavy atom. The van der Waals surface area contributed by atoms with Gasteiger partial charge in [0.1, 0.15) is 5.57 Å². The van der Waals surface area contributed by atoms with Crippen molar-refractivity contribution in [2.45, 2.75) is 6.92 Å². The number of para-hydroxylation sites is 2. The lowest BCUT2D eigenvalue weighted by Gasteiger charge is -2.13. The van der Waals surface area contributed by atoms with Crippen molar-refractivity contribution in [3.05, 3.63) is 69.8 Å². The molecule has 2 amide bonds. The van der Waals surface area contributed by atoms with Crippen LogP contribution in [0.15, 0.2) is 54.1 Å². The first-order valence-corrected chi connectivity index (χ1v) is 7.76. The smallest absolute Gasteiger partial charge is 0.312 e. The van der Waals surface area contributed by atoms with E-state index in [1.54, 1.807) is 30.3 Å². The molecule has 9 nitrogen and oxygen atoms in total. The van der Waals surface area contributed by atoms with E-state index in [-0.39, 0.29) is 16.9 Å². The number of carbonyl (C=O) groups excluding carboxylic acids is 3. The van der Waals surface area contributed by atoms with Gasteiger partial charge in [-0.1, -0.05) is 30.3 Å². The van der Waals surface area contributed by atoms with E-state index in [0.29, 0.717) is 5.69 Å². The Morgan fingerprint density at radius 2 is 1.85 bits per heavy atom. The highest BCUT2D eigenvalue weighted by Crippen LogP contribution is 2.33. The SMILES string of the molecule is CC(=O)Oc1c(/C=C2/C(=O)NN(c3ccccc3)C2=O)cccc1[N+](=O)[O-]. The van der Waals surface area contributed by atoms with Gasteiger partial charge in [-0.05, 0) is 18.2 Å². The predicted molar refractivity (Wildman–Crippen MR) is 94.5 cm³/mol. The molecular formula is C18H13N3O6. The van der Waals surface area contributed by atoms with E-state index in [4.69, 9.17) is 4.74 Å². The van der Waals surface area contributed by atoms with Gasteiger partial charge < -0.3 is 4.74 Å². The highest BCUT2D eigenvalue weighted by Gasteiger charge is 2.35. The normalized spacial score (nSPS) is 15.0. The lowest BCUT2D eigenvalue weighted by atomic mass is 10.1. The summed E-state index contributed by atoms with van der Waals surface area (Å²) in [6.07, 6.45) is 1.16. The quantitative estimate of drug-likeness (QED) is 0.220. The molecule has 0 bridgehead atoms. The van der Waals surface area contributed by atoms with Crippen LogP contribution in [0.5, 0.6) is 5.75 Å². The van der Waals surface area contributed by atoms with Gasteiger partial charge in [-0.3, -0.25) is 29.9 Å². The molecule has 1 aliphatic heterocycles. The minimum Gasteiger partial charge on any atom is -0.419 e. The van der Waals surface area contributed by atoms with Gasteiger partial charge in [0.15, 0.2) is 0 Å². The predicted octanol–water partition coefficient (Wildman–Crippen LogP) is 1.98. The average molecular weight is 367 g/mol. The van der Waals surface area contributed by atoms with Crippen molar-refractivity contribution in [2.75, 3.05) is 5.01 Å². The summed E-state index contributed by atoms with van der Waals surface area (Å²) >= 11 is 0. The molecule has 0 saturated carbocycles. The van der Waals surface area contributed by atoms with Gasteiger partial charge in [0.25, 0.3) is 11.8 Å². The summed E-state index contributed by atoms with van der Waals surface area (Å²) in [6, 6.07) is 12.4. The number of ether oxygens (including phenoxy) is 1. The fraction of sp³-hybridized carbons (Fsp3) is 0.0556. The summed E-state index contributed by atoms with van der Waals surface area (Å²) in [5.41, 5.74) is 2.25. The maximum absolute atomic E-state index is 12.6. The van der Waals surface area contributed by atoms with Crippen molar-refractivity contribution < 1.29 is 24.0 Å². The second-order valence-electron chi connectivity index (χ2n) is 5.52. The number of nitrogens with zero attached hydrogens (tertiary/aromatic N) is 2. The zero-order valence-corrected chi connectivity index (χ0v) is 14.0. The van der Waals surface area contributed by atoms with E-state index in [1.807, 2.05) is 0 Å². The van der Waals surface area contributed by atoms with Crippen LogP contribution in [-0.4, -0.2) is 22.7 Å². The molecule has 0 aromatic heterocycles. The maximum atomic E-state index is 12.6. The summed E-state index contributed by atoms with van der Waals surface area (Å²) in [5, 5.41) is 12.3. The third-order valence-corrected chi connectivity index (χ3v) is 3.67. The number of nitro benzene ring substituents is 1. The number of nitrogens with one attached hydrogen (secondary N) is 1. The van der Waals surface area contributed by atoms with Gasteiger partial charge in [0.2, 0.25) is 5.75 Å². The summed E-state index contributed by atoms with van der Waals surface area (Å²) in [7, 11) is 0. The molecule has 1 saturated heterocycles. The fourth-order valence-electron chi connectivity index (χ4n) is 2.53. The first-order valence-electron chi connectivity index (χ1n) is 7.76. The van der Waals surface area contributed by atoms with E-state index in [1.165, 1.54) is 12.1 Å². The standard InChI is InChI=1S/C18H13N3O6/c1-11(22)27-16-12(6-5-9-15(16)21(25)26)10-14-17(23)19-20(18(14)24)13-7-3-2-4-8-13/h2-10H,1H3,(H,19,23)/b14-10-. The van der Waals surface area contributed by atoms with Crippen LogP contribution < -0.4 is 15.2 Å². The summed E-state index contributed by atoms with van der Waals surface area (Å²) in [6.45, 7) is 1.10. The zero-order valence-electron chi connectivity index (χ0n) is 14.0. The second kappa shape index (κ2) is 7.08. The molecule has 136 valence electrons. The fourth-order valence-corrected chi connectivity index (χ4v) is 2.53. The highest BCUT2D eigenvalue weighted by atomic mass is 16.6. The Labute approximate surface area is 153 Å². The molecule has 27 heavy (non-hydrogen) atoms. The van der Waals surface area contributed by atoms with Crippen LogP contribution in [0.25, 0.3) is 6.08 Å². The van der Waals surface area contributed by atoms with Crippen molar-refractivity contribution in [1.29, 1.82) is 0 Å². The number of hydrogen-bond donors (Lipinski definition) is 1. The van der Waals surface area contributed by atoms with Gasteiger partial charge in [-0.2, -0.15) is 0 Å². The molecule has 0 unspecified atom stereocenters. The molecular weight excluding hydrogens is 354 g/mol. The average Bonchev–Trinajstić information content (AvgIpc) is 2.91. The van der Waals surface area contributed by atoms with Gasteiger partial charge in [-0.25, -0.2) is 5.01 Å². The second-order valence-corrected chi connectivity index (χ2v) is 5.52. The third kappa shape index (κ3) is 3.52. The van der Waals surface area contributed by atoms with Crippen LogP contribution >= 0.6 is 0 Å². The molecule has 3 rings (SSSR count). The summed E-state index contributed by atoms with van der Waals surface area (Å²) in [5.74, 6) is -2.41. The molecule has 0 aliphatic carbocycles. The number of rotatable bonds is 4. The number of carbonyl (C=O) groups is 3. The Hall–Kier alpha value is -4.01. The number of nitro groups is 1. The molecule has 1 aliphatic rings. The lowest BCUT2D eigenvalue weighted by molar-refractivity contribution is -0.385. The number of hydrogen-bond acceptors (Lipinski definition) is 6. The van der Waals surface area contributed by atoms with Crippen molar-refractivity contribution in [1.82, 2.24) is 5.43 Å². The van der Waals surface area contributed by atoms with Crippen LogP contribution in [-0.2, 0) is 14.4 Å². The van der Waals surface area contributed by atoms with Crippen molar-refractivity contribution in [3.63, 3.8) is 0 Å². The van der Waals surface area contributed by atoms with Crippen LogP contribution in [0, 0.1) is 10.1 Å². The number of amides is 2. The van der Waals surface area contributed by atoms with Crippen LogP contribution in [0.2, 0.25) is 0 Å². The Kier molecular flexibility index (Phi) is 4.67. The molecule has 2 aromatic rings. The molecule has 0 spiro atoms. The first-order chi connectivity index (χ1) is 12.9. The van der Waals surface area contributed by atoms with Crippen LogP contribution in [0.3, 0.4) is 0 Å². The topological polar surface area (TPSA) is 119 Å². The Morgan fingerprint density at radius 3 is 2.48 bits per heavy atom. The van der Waals surface area contributed by atoms with Gasteiger partial charge in [-0.15, -0.1) is 0 Å². The largest absolute Gasteiger partial charge is 0.419 e. The number of benzene rings is 2. The number of esters is 1. The first kappa shape index (κ1) is 17.8. The highest BCUT2D eigenvalue weighted by molar-refractivity contribution is 6.31. The number of hydrazine groups is 1. The molecule has 0 radical (unpaired) electrons. The Bertz CT molecular complexity index is 984. The number of anilines is 1. The van der Waals surface area contributed by atoms with Crippen LogP contribution in [0.1, 0.15) is 12.5 Å².